The summed E-state index contributed by atoms with van der Waals surface area (Å²) >= 11 is 0. The van der Waals surface area contributed by atoms with Gasteiger partial charge in [-0.1, -0.05) is 20.8 Å². The van der Waals surface area contributed by atoms with Gasteiger partial charge in [0.25, 0.3) is 0 Å². The van der Waals surface area contributed by atoms with Gasteiger partial charge in [0.1, 0.15) is 0 Å². The molecule has 0 aromatic carbocycles. The highest BCUT2D eigenvalue weighted by atomic mass is 19.4. The standard InChI is InChI=1S/C8H16F3NO/c1-7(2,3)6(13)5(12)4-8(9,10)11/h5-6,13H,4,12H2,1-3H3. The van der Waals surface area contributed by atoms with E-state index < -0.39 is 30.2 Å². The Bertz CT molecular complexity index is 162. The molecule has 0 bridgehead atoms. The zero-order chi connectivity index (χ0) is 10.9. The fraction of sp³-hybridized carbons (Fsp3) is 1.00. The van der Waals surface area contributed by atoms with Gasteiger partial charge in [-0.3, -0.25) is 0 Å². The molecular formula is C8H16F3NO. The van der Waals surface area contributed by atoms with Gasteiger partial charge in [-0.15, -0.1) is 0 Å². The predicted molar refractivity (Wildman–Crippen MR) is 44.1 cm³/mol. The Hall–Kier alpha value is -0.290. The van der Waals surface area contributed by atoms with Gasteiger partial charge in [-0.25, -0.2) is 0 Å². The van der Waals surface area contributed by atoms with E-state index in [9.17, 15) is 18.3 Å². The lowest BCUT2D eigenvalue weighted by Gasteiger charge is -2.31. The summed E-state index contributed by atoms with van der Waals surface area (Å²) in [6.45, 7) is 4.94. The van der Waals surface area contributed by atoms with E-state index in [1.807, 2.05) is 0 Å². The molecule has 0 aliphatic heterocycles. The van der Waals surface area contributed by atoms with Gasteiger partial charge in [0.05, 0.1) is 12.5 Å². The van der Waals surface area contributed by atoms with Gasteiger partial charge in [0, 0.05) is 6.04 Å². The van der Waals surface area contributed by atoms with Crippen LogP contribution >= 0.6 is 0 Å². The highest BCUT2D eigenvalue weighted by Crippen LogP contribution is 2.27. The minimum atomic E-state index is -4.31. The zero-order valence-corrected chi connectivity index (χ0v) is 8.02. The van der Waals surface area contributed by atoms with Crippen LogP contribution in [0.15, 0.2) is 0 Å². The molecule has 0 saturated carbocycles. The number of halogens is 3. The topological polar surface area (TPSA) is 46.2 Å². The Morgan fingerprint density at radius 1 is 1.23 bits per heavy atom. The van der Waals surface area contributed by atoms with Crippen molar-refractivity contribution >= 4 is 0 Å². The molecule has 0 aliphatic rings. The van der Waals surface area contributed by atoms with E-state index in [2.05, 4.69) is 0 Å². The smallest absolute Gasteiger partial charge is 0.390 e. The first-order valence-electron chi connectivity index (χ1n) is 4.04. The van der Waals surface area contributed by atoms with Crippen LogP contribution in [0, 0.1) is 5.41 Å². The summed E-state index contributed by atoms with van der Waals surface area (Å²) in [5, 5.41) is 9.39. The van der Waals surface area contributed by atoms with Crippen LogP contribution in [0.4, 0.5) is 13.2 Å². The van der Waals surface area contributed by atoms with Crippen LogP contribution < -0.4 is 5.73 Å². The number of alkyl halides is 3. The number of nitrogens with two attached hydrogens (primary N) is 1. The molecule has 2 unspecified atom stereocenters. The van der Waals surface area contributed by atoms with E-state index in [0.29, 0.717) is 0 Å². The second kappa shape index (κ2) is 3.84. The van der Waals surface area contributed by atoms with Crippen molar-refractivity contribution in [3.63, 3.8) is 0 Å². The second-order valence-corrected chi connectivity index (χ2v) is 4.29. The van der Waals surface area contributed by atoms with Crippen molar-refractivity contribution < 1.29 is 18.3 Å². The van der Waals surface area contributed by atoms with Crippen molar-refractivity contribution in [2.75, 3.05) is 0 Å². The lowest BCUT2D eigenvalue weighted by molar-refractivity contribution is -0.147. The fourth-order valence-electron chi connectivity index (χ4n) is 1.02. The Labute approximate surface area is 75.9 Å². The summed E-state index contributed by atoms with van der Waals surface area (Å²) in [6.07, 6.45) is -6.61. The van der Waals surface area contributed by atoms with Gasteiger partial charge in [-0.05, 0) is 5.41 Å². The van der Waals surface area contributed by atoms with Crippen LogP contribution in [0.5, 0.6) is 0 Å². The molecule has 2 atom stereocenters. The first kappa shape index (κ1) is 12.7. The third-order valence-electron chi connectivity index (χ3n) is 1.76. The average molecular weight is 199 g/mol. The monoisotopic (exact) mass is 199 g/mol. The maximum Gasteiger partial charge on any atom is 0.390 e. The molecule has 0 radical (unpaired) electrons. The predicted octanol–water partition coefficient (Wildman–Crippen LogP) is 1.67. The van der Waals surface area contributed by atoms with Crippen molar-refractivity contribution in [3.8, 4) is 0 Å². The van der Waals surface area contributed by atoms with Gasteiger partial charge in [0.2, 0.25) is 0 Å². The Morgan fingerprint density at radius 2 is 1.62 bits per heavy atom. The molecule has 2 nitrogen and oxygen atoms in total. The lowest BCUT2D eigenvalue weighted by atomic mass is 9.84. The van der Waals surface area contributed by atoms with E-state index >= 15 is 0 Å². The molecule has 13 heavy (non-hydrogen) atoms. The number of aliphatic hydroxyl groups excluding tert-OH is 1. The summed E-state index contributed by atoms with van der Waals surface area (Å²) in [5.41, 5.74) is 4.60. The number of hydrogen-bond acceptors (Lipinski definition) is 2. The number of hydrogen-bond donors (Lipinski definition) is 2. The largest absolute Gasteiger partial charge is 0.391 e. The second-order valence-electron chi connectivity index (χ2n) is 4.29. The van der Waals surface area contributed by atoms with Crippen LogP contribution in [0.3, 0.4) is 0 Å². The highest BCUT2D eigenvalue weighted by Gasteiger charge is 2.37. The van der Waals surface area contributed by atoms with Crippen molar-refractivity contribution in [1.82, 2.24) is 0 Å². The van der Waals surface area contributed by atoms with Crippen LogP contribution in [0.2, 0.25) is 0 Å². The maximum absolute atomic E-state index is 11.9. The van der Waals surface area contributed by atoms with E-state index in [1.54, 1.807) is 20.8 Å². The Balaban J connectivity index is 4.20. The third kappa shape index (κ3) is 5.10. The summed E-state index contributed by atoms with van der Waals surface area (Å²) in [5.74, 6) is 0. The molecule has 0 fully saturated rings. The SMILES string of the molecule is CC(C)(C)C(O)C(N)CC(F)(F)F. The molecule has 80 valence electrons. The molecule has 0 aromatic rings. The lowest BCUT2D eigenvalue weighted by Crippen LogP contribution is -2.45. The molecule has 0 aliphatic carbocycles. The first-order valence-corrected chi connectivity index (χ1v) is 4.04. The summed E-state index contributed by atoms with van der Waals surface area (Å²) in [7, 11) is 0. The maximum atomic E-state index is 11.9. The average Bonchev–Trinajstić information content (AvgIpc) is 1.79. The molecule has 3 N–H and O–H groups in total. The number of aliphatic hydroxyl groups is 1. The number of rotatable bonds is 2. The molecule has 0 rings (SSSR count). The van der Waals surface area contributed by atoms with Crippen LogP contribution in [0.1, 0.15) is 27.2 Å². The van der Waals surface area contributed by atoms with Crippen LogP contribution in [0.25, 0.3) is 0 Å². The summed E-state index contributed by atoms with van der Waals surface area (Å²) < 4.78 is 35.6. The van der Waals surface area contributed by atoms with Crippen molar-refractivity contribution in [2.24, 2.45) is 11.1 Å². The highest BCUT2D eigenvalue weighted by molar-refractivity contribution is 4.83. The quantitative estimate of drug-likeness (QED) is 0.710. The van der Waals surface area contributed by atoms with Crippen molar-refractivity contribution in [1.29, 1.82) is 0 Å². The van der Waals surface area contributed by atoms with E-state index in [4.69, 9.17) is 5.73 Å². The summed E-state index contributed by atoms with van der Waals surface area (Å²) in [6, 6.07) is -1.25. The van der Waals surface area contributed by atoms with E-state index in [0.717, 1.165) is 0 Å². The van der Waals surface area contributed by atoms with Gasteiger partial charge in [-0.2, -0.15) is 13.2 Å². The molecule has 0 heterocycles. The molecule has 0 aromatic heterocycles. The molecule has 0 amide bonds. The minimum absolute atomic E-state index is 0.620. The first-order chi connectivity index (χ1) is 5.54. The zero-order valence-electron chi connectivity index (χ0n) is 8.02. The normalized spacial score (nSPS) is 18.5. The van der Waals surface area contributed by atoms with Gasteiger partial charge in [0.15, 0.2) is 0 Å². The molecule has 0 spiro atoms. The van der Waals surface area contributed by atoms with E-state index in [-0.39, 0.29) is 0 Å². The van der Waals surface area contributed by atoms with Crippen LogP contribution in [-0.2, 0) is 0 Å². The fourth-order valence-corrected chi connectivity index (χ4v) is 1.02. The van der Waals surface area contributed by atoms with Gasteiger partial charge >= 0.3 is 6.18 Å². The van der Waals surface area contributed by atoms with E-state index in [1.165, 1.54) is 0 Å². The summed E-state index contributed by atoms with van der Waals surface area (Å²) in [4.78, 5) is 0. The van der Waals surface area contributed by atoms with Gasteiger partial charge < -0.3 is 10.8 Å². The van der Waals surface area contributed by atoms with Crippen molar-refractivity contribution in [3.05, 3.63) is 0 Å². The Morgan fingerprint density at radius 3 is 1.85 bits per heavy atom. The van der Waals surface area contributed by atoms with Crippen LogP contribution in [-0.4, -0.2) is 23.4 Å². The molecule has 0 saturated heterocycles. The molecular weight excluding hydrogens is 183 g/mol. The van der Waals surface area contributed by atoms with Crippen molar-refractivity contribution in [2.45, 2.75) is 45.5 Å². The third-order valence-corrected chi connectivity index (χ3v) is 1.76. The minimum Gasteiger partial charge on any atom is -0.391 e. The molecule has 5 heteroatoms. The Kier molecular flexibility index (Phi) is 3.75.